The molecule has 0 bridgehead atoms. The zero-order valence-electron chi connectivity index (χ0n) is 13.7. The van der Waals surface area contributed by atoms with Gasteiger partial charge in [0.2, 0.25) is 0 Å². The fourth-order valence-corrected chi connectivity index (χ4v) is 2.98. The SMILES string of the molecule is CN=C(NCc1csc(N(C)C)n1)NCC1(C)CCCO1.I. The number of nitrogens with zero attached hydrogens (tertiary/aromatic N) is 3. The molecule has 1 atom stereocenters. The van der Waals surface area contributed by atoms with Crippen LogP contribution in [-0.4, -0.2) is 50.8 Å². The molecular weight excluding hydrogens is 413 g/mol. The van der Waals surface area contributed by atoms with Crippen LogP contribution in [0.3, 0.4) is 0 Å². The van der Waals surface area contributed by atoms with Crippen molar-refractivity contribution < 1.29 is 4.74 Å². The van der Waals surface area contributed by atoms with Gasteiger partial charge in [-0.2, -0.15) is 0 Å². The minimum Gasteiger partial charge on any atom is -0.373 e. The average Bonchev–Trinajstić information content (AvgIpc) is 3.08. The molecule has 0 radical (unpaired) electrons. The Morgan fingerprint density at radius 3 is 2.82 bits per heavy atom. The summed E-state index contributed by atoms with van der Waals surface area (Å²) in [5.74, 6) is 0.783. The molecule has 1 saturated heterocycles. The van der Waals surface area contributed by atoms with Crippen LogP contribution in [-0.2, 0) is 11.3 Å². The number of aliphatic imine (C=N–C) groups is 1. The van der Waals surface area contributed by atoms with Crippen LogP contribution in [0.2, 0.25) is 0 Å². The highest BCUT2D eigenvalue weighted by molar-refractivity contribution is 14.0. The summed E-state index contributed by atoms with van der Waals surface area (Å²) in [5.41, 5.74) is 0.950. The van der Waals surface area contributed by atoms with Gasteiger partial charge in [0, 0.05) is 39.7 Å². The van der Waals surface area contributed by atoms with E-state index in [9.17, 15) is 0 Å². The summed E-state index contributed by atoms with van der Waals surface area (Å²) >= 11 is 1.64. The average molecular weight is 439 g/mol. The van der Waals surface area contributed by atoms with Crippen LogP contribution >= 0.6 is 35.3 Å². The highest BCUT2D eigenvalue weighted by atomic mass is 127. The van der Waals surface area contributed by atoms with E-state index in [0.717, 1.165) is 42.8 Å². The van der Waals surface area contributed by atoms with Crippen molar-refractivity contribution >= 4 is 46.4 Å². The number of rotatable bonds is 5. The van der Waals surface area contributed by atoms with Gasteiger partial charge in [-0.25, -0.2) is 4.98 Å². The van der Waals surface area contributed by atoms with Gasteiger partial charge in [0.25, 0.3) is 0 Å². The molecule has 22 heavy (non-hydrogen) atoms. The number of anilines is 1. The van der Waals surface area contributed by atoms with E-state index in [2.05, 4.69) is 32.9 Å². The summed E-state index contributed by atoms with van der Waals surface area (Å²) in [5, 5.41) is 9.70. The van der Waals surface area contributed by atoms with Crippen molar-refractivity contribution in [2.24, 2.45) is 4.99 Å². The molecule has 1 fully saturated rings. The third-order valence-corrected chi connectivity index (χ3v) is 4.57. The van der Waals surface area contributed by atoms with Crippen molar-refractivity contribution in [3.63, 3.8) is 0 Å². The number of hydrogen-bond acceptors (Lipinski definition) is 5. The zero-order chi connectivity index (χ0) is 15.3. The molecule has 0 amide bonds. The molecule has 1 aliphatic heterocycles. The van der Waals surface area contributed by atoms with Crippen LogP contribution < -0.4 is 15.5 Å². The van der Waals surface area contributed by atoms with Crippen LogP contribution in [0.4, 0.5) is 5.13 Å². The second-order valence-electron chi connectivity index (χ2n) is 5.70. The normalized spacial score (nSPS) is 21.4. The quantitative estimate of drug-likeness (QED) is 0.418. The van der Waals surface area contributed by atoms with Gasteiger partial charge < -0.3 is 20.3 Å². The van der Waals surface area contributed by atoms with E-state index >= 15 is 0 Å². The molecule has 0 saturated carbocycles. The Balaban J connectivity index is 0.00000242. The fourth-order valence-electron chi connectivity index (χ4n) is 2.22. The molecule has 1 aromatic rings. The lowest BCUT2D eigenvalue weighted by Gasteiger charge is -2.24. The smallest absolute Gasteiger partial charge is 0.191 e. The van der Waals surface area contributed by atoms with Gasteiger partial charge in [0.1, 0.15) is 0 Å². The number of hydrogen-bond donors (Lipinski definition) is 2. The molecule has 1 aromatic heterocycles. The van der Waals surface area contributed by atoms with E-state index in [1.54, 1.807) is 18.4 Å². The van der Waals surface area contributed by atoms with Crippen LogP contribution in [0.5, 0.6) is 0 Å². The standard InChI is InChI=1S/C14H25N5OS.HI/c1-14(6-5-7-20-14)10-17-12(15-2)16-8-11-9-21-13(18-11)19(3)4;/h9H,5-8,10H2,1-4H3,(H2,15,16,17);1H. The van der Waals surface area contributed by atoms with Crippen molar-refractivity contribution in [3.8, 4) is 0 Å². The highest BCUT2D eigenvalue weighted by Crippen LogP contribution is 2.23. The van der Waals surface area contributed by atoms with E-state index in [4.69, 9.17) is 4.74 Å². The number of ether oxygens (including phenoxy) is 1. The van der Waals surface area contributed by atoms with Gasteiger partial charge in [-0.15, -0.1) is 35.3 Å². The minimum absolute atomic E-state index is 0. The molecule has 1 aliphatic rings. The maximum atomic E-state index is 5.77. The van der Waals surface area contributed by atoms with Crippen molar-refractivity contribution in [2.75, 3.05) is 39.2 Å². The Labute approximate surface area is 153 Å². The van der Waals surface area contributed by atoms with Gasteiger partial charge in [-0.1, -0.05) is 0 Å². The predicted octanol–water partition coefficient (Wildman–Crippen LogP) is 2.06. The Hall–Kier alpha value is -0.610. The Morgan fingerprint density at radius 2 is 2.27 bits per heavy atom. The zero-order valence-corrected chi connectivity index (χ0v) is 16.8. The summed E-state index contributed by atoms with van der Waals surface area (Å²) in [6.07, 6.45) is 2.23. The Kier molecular flexibility index (Phi) is 7.84. The Bertz CT molecular complexity index is 485. The first-order chi connectivity index (χ1) is 10.0. The van der Waals surface area contributed by atoms with Crippen molar-refractivity contribution in [1.82, 2.24) is 15.6 Å². The summed E-state index contributed by atoms with van der Waals surface area (Å²) in [7, 11) is 5.77. The van der Waals surface area contributed by atoms with Crippen molar-refractivity contribution in [1.29, 1.82) is 0 Å². The Morgan fingerprint density at radius 1 is 1.50 bits per heavy atom. The summed E-state index contributed by atoms with van der Waals surface area (Å²) in [6, 6.07) is 0. The van der Waals surface area contributed by atoms with Crippen molar-refractivity contribution in [2.45, 2.75) is 31.9 Å². The van der Waals surface area contributed by atoms with Crippen molar-refractivity contribution in [3.05, 3.63) is 11.1 Å². The molecule has 0 aliphatic carbocycles. The molecule has 1 unspecified atom stereocenters. The lowest BCUT2D eigenvalue weighted by molar-refractivity contribution is 0.0243. The molecule has 6 nitrogen and oxygen atoms in total. The lowest BCUT2D eigenvalue weighted by Crippen LogP contribution is -2.45. The van der Waals surface area contributed by atoms with E-state index in [1.807, 2.05) is 19.0 Å². The topological polar surface area (TPSA) is 61.8 Å². The first kappa shape index (κ1) is 19.4. The summed E-state index contributed by atoms with van der Waals surface area (Å²) < 4.78 is 5.77. The van der Waals surface area contributed by atoms with Crippen LogP contribution in [0.25, 0.3) is 0 Å². The molecule has 0 spiro atoms. The number of aromatic nitrogens is 1. The number of guanidine groups is 1. The lowest BCUT2D eigenvalue weighted by atomic mass is 10.0. The molecule has 2 rings (SSSR count). The summed E-state index contributed by atoms with van der Waals surface area (Å²) in [4.78, 5) is 10.8. The second-order valence-corrected chi connectivity index (χ2v) is 6.53. The van der Waals surface area contributed by atoms with E-state index in [1.165, 1.54) is 0 Å². The summed E-state index contributed by atoms with van der Waals surface area (Å²) in [6.45, 7) is 4.44. The molecule has 0 aromatic carbocycles. The van der Waals surface area contributed by atoms with Gasteiger partial charge in [0.15, 0.2) is 11.1 Å². The minimum atomic E-state index is -0.0731. The molecule has 2 heterocycles. The van der Waals surface area contributed by atoms with Crippen LogP contribution in [0.15, 0.2) is 10.4 Å². The van der Waals surface area contributed by atoms with E-state index < -0.39 is 0 Å². The molecule has 8 heteroatoms. The number of nitrogens with one attached hydrogen (secondary N) is 2. The molecule has 2 N–H and O–H groups in total. The third kappa shape index (κ3) is 5.54. The van der Waals surface area contributed by atoms with Gasteiger partial charge >= 0.3 is 0 Å². The largest absolute Gasteiger partial charge is 0.373 e. The van der Waals surface area contributed by atoms with E-state index in [-0.39, 0.29) is 29.6 Å². The molecule has 126 valence electrons. The van der Waals surface area contributed by atoms with Crippen LogP contribution in [0, 0.1) is 0 Å². The second kappa shape index (κ2) is 8.88. The first-order valence-corrected chi connectivity index (χ1v) is 8.10. The maximum absolute atomic E-state index is 5.77. The highest BCUT2D eigenvalue weighted by Gasteiger charge is 2.29. The van der Waals surface area contributed by atoms with Gasteiger partial charge in [0.05, 0.1) is 17.8 Å². The number of halogens is 1. The number of thiazole rings is 1. The fraction of sp³-hybridized carbons (Fsp3) is 0.714. The predicted molar refractivity (Wildman–Crippen MR) is 104 cm³/mol. The van der Waals surface area contributed by atoms with Gasteiger partial charge in [-0.3, -0.25) is 4.99 Å². The maximum Gasteiger partial charge on any atom is 0.191 e. The third-order valence-electron chi connectivity index (χ3n) is 3.51. The first-order valence-electron chi connectivity index (χ1n) is 7.23. The monoisotopic (exact) mass is 439 g/mol. The van der Waals surface area contributed by atoms with E-state index in [0.29, 0.717) is 6.54 Å². The molecular formula is C14H26IN5OS. The van der Waals surface area contributed by atoms with Gasteiger partial charge in [-0.05, 0) is 19.8 Å². The van der Waals surface area contributed by atoms with Crippen LogP contribution in [0.1, 0.15) is 25.5 Å².